The van der Waals surface area contributed by atoms with E-state index in [2.05, 4.69) is 23.9 Å². The van der Waals surface area contributed by atoms with Crippen LogP contribution < -0.4 is 0 Å². The summed E-state index contributed by atoms with van der Waals surface area (Å²) in [5.74, 6) is 1.32. The molecule has 0 aliphatic rings. The van der Waals surface area contributed by atoms with Gasteiger partial charge in [-0.05, 0) is 19.8 Å². The zero-order valence-electron chi connectivity index (χ0n) is 11.1. The van der Waals surface area contributed by atoms with Gasteiger partial charge in [0.25, 0.3) is 0 Å². The minimum absolute atomic E-state index is 0.201. The van der Waals surface area contributed by atoms with Crippen molar-refractivity contribution in [1.82, 2.24) is 14.8 Å². The third kappa shape index (κ3) is 3.95. The van der Waals surface area contributed by atoms with E-state index in [9.17, 15) is 4.79 Å². The molecule has 1 heterocycles. The Morgan fingerprint density at radius 1 is 1.29 bits per heavy atom. The zero-order valence-corrected chi connectivity index (χ0v) is 11.1. The second-order valence-electron chi connectivity index (χ2n) is 4.41. The molecule has 0 spiro atoms. The molecule has 0 radical (unpaired) electrons. The van der Waals surface area contributed by atoms with Crippen LogP contribution in [0.3, 0.4) is 0 Å². The maximum Gasteiger partial charge on any atom is 0.143 e. The van der Waals surface area contributed by atoms with Crippen molar-refractivity contribution in [1.29, 1.82) is 0 Å². The fourth-order valence-electron chi connectivity index (χ4n) is 2.15. The van der Waals surface area contributed by atoms with Crippen LogP contribution in [0, 0.1) is 5.92 Å². The lowest BCUT2D eigenvalue weighted by Crippen LogP contribution is -2.19. The molecule has 0 saturated heterocycles. The summed E-state index contributed by atoms with van der Waals surface area (Å²) in [5, 5.41) is 4.09. The summed E-state index contributed by atoms with van der Waals surface area (Å²) in [5.41, 5.74) is 0. The molecule has 4 nitrogen and oxygen atoms in total. The minimum Gasteiger partial charge on any atom is -0.299 e. The molecule has 1 aromatic rings. The van der Waals surface area contributed by atoms with Crippen LogP contribution in [0.25, 0.3) is 0 Å². The molecule has 1 aromatic heterocycles. The number of rotatable bonds is 8. The third-order valence-electron chi connectivity index (χ3n) is 3.06. The van der Waals surface area contributed by atoms with E-state index in [-0.39, 0.29) is 5.92 Å². The van der Waals surface area contributed by atoms with E-state index in [0.717, 1.165) is 38.1 Å². The zero-order chi connectivity index (χ0) is 12.7. The van der Waals surface area contributed by atoms with Gasteiger partial charge in [0.15, 0.2) is 0 Å². The van der Waals surface area contributed by atoms with Crippen LogP contribution in [0.2, 0.25) is 0 Å². The summed E-state index contributed by atoms with van der Waals surface area (Å²) in [6, 6.07) is 0. The molecule has 0 aliphatic heterocycles. The van der Waals surface area contributed by atoms with Gasteiger partial charge in [-0.1, -0.05) is 26.7 Å². The van der Waals surface area contributed by atoms with Crippen LogP contribution in [-0.4, -0.2) is 20.5 Å². The van der Waals surface area contributed by atoms with Crippen LogP contribution in [-0.2, 0) is 17.8 Å². The van der Waals surface area contributed by atoms with Gasteiger partial charge in [-0.25, -0.2) is 9.67 Å². The maximum atomic E-state index is 12.2. The van der Waals surface area contributed by atoms with Crippen LogP contribution in [0.4, 0.5) is 0 Å². The lowest BCUT2D eigenvalue weighted by Gasteiger charge is -2.13. The summed E-state index contributed by atoms with van der Waals surface area (Å²) >= 11 is 0. The van der Waals surface area contributed by atoms with Crippen LogP contribution >= 0.6 is 0 Å². The fraction of sp³-hybridized carbons (Fsp3) is 0.769. The SMILES string of the molecule is CCCC(CCC)C(=O)Cc1ncnn1CC. The Kier molecular flexibility index (Phi) is 5.87. The van der Waals surface area contributed by atoms with Crippen molar-refractivity contribution in [2.45, 2.75) is 59.4 Å². The van der Waals surface area contributed by atoms with E-state index in [1.54, 1.807) is 4.68 Å². The van der Waals surface area contributed by atoms with Gasteiger partial charge < -0.3 is 0 Å². The molecule has 17 heavy (non-hydrogen) atoms. The molecule has 4 heteroatoms. The highest BCUT2D eigenvalue weighted by atomic mass is 16.1. The first-order valence-electron chi connectivity index (χ1n) is 6.62. The molecular weight excluding hydrogens is 214 g/mol. The molecule has 0 unspecified atom stereocenters. The molecule has 0 aromatic carbocycles. The second-order valence-corrected chi connectivity index (χ2v) is 4.41. The highest BCUT2D eigenvalue weighted by Gasteiger charge is 2.18. The summed E-state index contributed by atoms with van der Waals surface area (Å²) < 4.78 is 1.80. The molecule has 0 amide bonds. The third-order valence-corrected chi connectivity index (χ3v) is 3.06. The Bertz CT molecular complexity index is 340. The van der Waals surface area contributed by atoms with Crippen LogP contribution in [0.5, 0.6) is 0 Å². The molecule has 0 bridgehead atoms. The first-order chi connectivity index (χ1) is 8.22. The number of aryl methyl sites for hydroxylation is 1. The number of ketones is 1. The molecule has 0 saturated carbocycles. The molecule has 0 N–H and O–H groups in total. The van der Waals surface area contributed by atoms with Crippen molar-refractivity contribution in [3.63, 3.8) is 0 Å². The lowest BCUT2D eigenvalue weighted by molar-refractivity contribution is -0.122. The fourth-order valence-corrected chi connectivity index (χ4v) is 2.15. The summed E-state index contributed by atoms with van der Waals surface area (Å²) in [4.78, 5) is 16.3. The highest BCUT2D eigenvalue weighted by molar-refractivity contribution is 5.82. The number of hydrogen-bond donors (Lipinski definition) is 0. The number of carbonyl (C=O) groups is 1. The van der Waals surface area contributed by atoms with Crippen molar-refractivity contribution in [3.05, 3.63) is 12.2 Å². The van der Waals surface area contributed by atoms with Gasteiger partial charge >= 0.3 is 0 Å². The van der Waals surface area contributed by atoms with Crippen molar-refractivity contribution < 1.29 is 4.79 Å². The maximum absolute atomic E-state index is 12.2. The van der Waals surface area contributed by atoms with E-state index in [1.807, 2.05) is 6.92 Å². The number of hydrogen-bond acceptors (Lipinski definition) is 3. The van der Waals surface area contributed by atoms with E-state index in [1.165, 1.54) is 6.33 Å². The predicted octanol–water partition coefficient (Wildman–Crippen LogP) is 2.63. The number of aromatic nitrogens is 3. The Morgan fingerprint density at radius 3 is 2.47 bits per heavy atom. The van der Waals surface area contributed by atoms with E-state index < -0.39 is 0 Å². The van der Waals surface area contributed by atoms with Gasteiger partial charge in [-0.2, -0.15) is 5.10 Å². The van der Waals surface area contributed by atoms with E-state index >= 15 is 0 Å². The standard InChI is InChI=1S/C13H23N3O/c1-4-7-11(8-5-2)12(17)9-13-14-10-15-16(13)6-3/h10-11H,4-9H2,1-3H3. The average molecular weight is 237 g/mol. The quantitative estimate of drug-likeness (QED) is 0.698. The number of carbonyl (C=O) groups excluding carboxylic acids is 1. The molecular formula is C13H23N3O. The largest absolute Gasteiger partial charge is 0.299 e. The van der Waals surface area contributed by atoms with Gasteiger partial charge in [-0.15, -0.1) is 0 Å². The van der Waals surface area contributed by atoms with Crippen molar-refractivity contribution >= 4 is 5.78 Å². The Balaban J connectivity index is 2.62. The summed E-state index contributed by atoms with van der Waals surface area (Å²) in [7, 11) is 0. The van der Waals surface area contributed by atoms with Crippen LogP contribution in [0.1, 0.15) is 52.3 Å². The first-order valence-corrected chi connectivity index (χ1v) is 6.62. The smallest absolute Gasteiger partial charge is 0.143 e. The molecule has 0 atom stereocenters. The van der Waals surface area contributed by atoms with Crippen molar-refractivity contribution in [2.24, 2.45) is 5.92 Å². The Morgan fingerprint density at radius 2 is 1.94 bits per heavy atom. The van der Waals surface area contributed by atoms with Gasteiger partial charge in [0.2, 0.25) is 0 Å². The Hall–Kier alpha value is -1.19. The predicted molar refractivity (Wildman–Crippen MR) is 67.7 cm³/mol. The van der Waals surface area contributed by atoms with Crippen LogP contribution in [0.15, 0.2) is 6.33 Å². The van der Waals surface area contributed by atoms with Gasteiger partial charge in [-0.3, -0.25) is 4.79 Å². The van der Waals surface area contributed by atoms with E-state index in [0.29, 0.717) is 12.2 Å². The van der Waals surface area contributed by atoms with Gasteiger partial charge in [0.05, 0.1) is 6.42 Å². The van der Waals surface area contributed by atoms with Crippen molar-refractivity contribution in [2.75, 3.05) is 0 Å². The number of nitrogens with zero attached hydrogens (tertiary/aromatic N) is 3. The highest BCUT2D eigenvalue weighted by Crippen LogP contribution is 2.16. The van der Waals surface area contributed by atoms with E-state index in [4.69, 9.17) is 0 Å². The normalized spacial score (nSPS) is 11.1. The Labute approximate surface area is 103 Å². The molecule has 96 valence electrons. The number of Topliss-reactive ketones (excluding diaryl/α,β-unsaturated/α-hetero) is 1. The molecule has 0 aliphatic carbocycles. The topological polar surface area (TPSA) is 47.8 Å². The average Bonchev–Trinajstić information content (AvgIpc) is 2.76. The molecule has 0 fully saturated rings. The lowest BCUT2D eigenvalue weighted by atomic mass is 9.92. The first kappa shape index (κ1) is 13.9. The summed E-state index contributed by atoms with van der Waals surface area (Å²) in [6.07, 6.45) is 6.08. The monoisotopic (exact) mass is 237 g/mol. The minimum atomic E-state index is 0.201. The van der Waals surface area contributed by atoms with Gasteiger partial charge in [0.1, 0.15) is 17.9 Å². The van der Waals surface area contributed by atoms with Crippen molar-refractivity contribution in [3.8, 4) is 0 Å². The van der Waals surface area contributed by atoms with Gasteiger partial charge in [0, 0.05) is 12.5 Å². The second kappa shape index (κ2) is 7.20. The summed E-state index contributed by atoms with van der Waals surface area (Å²) in [6.45, 7) is 7.04. The molecule has 1 rings (SSSR count).